The number of fused-ring (bicyclic) bond motifs is 1. The van der Waals surface area contributed by atoms with Crippen molar-refractivity contribution in [2.75, 3.05) is 0 Å². The molecule has 9 nitrogen and oxygen atoms in total. The lowest BCUT2D eigenvalue weighted by Gasteiger charge is -2.15. The lowest BCUT2D eigenvalue weighted by atomic mass is 9.98. The van der Waals surface area contributed by atoms with E-state index in [9.17, 15) is 13.2 Å². The third-order valence-corrected chi connectivity index (χ3v) is 8.52. The van der Waals surface area contributed by atoms with Crippen molar-refractivity contribution in [1.82, 2.24) is 24.1 Å². The summed E-state index contributed by atoms with van der Waals surface area (Å²) in [6, 6.07) is 12.5. The zero-order chi connectivity index (χ0) is 26.3. The van der Waals surface area contributed by atoms with Gasteiger partial charge in [-0.1, -0.05) is 17.7 Å². The van der Waals surface area contributed by atoms with Crippen LogP contribution in [0.25, 0.3) is 22.4 Å². The molecule has 1 fully saturated rings. The second-order valence-electron chi connectivity index (χ2n) is 9.97. The molecular formula is C27H31N5O4S. The van der Waals surface area contributed by atoms with Gasteiger partial charge in [-0.05, 0) is 81.8 Å². The van der Waals surface area contributed by atoms with Crippen LogP contribution in [-0.2, 0) is 21.8 Å². The van der Waals surface area contributed by atoms with E-state index in [0.29, 0.717) is 23.5 Å². The zero-order valence-corrected chi connectivity index (χ0v) is 22.2. The molecule has 0 radical (unpaired) electrons. The Bertz CT molecular complexity index is 1550. The van der Waals surface area contributed by atoms with Crippen molar-refractivity contribution in [2.24, 2.45) is 7.05 Å². The van der Waals surface area contributed by atoms with Gasteiger partial charge in [-0.15, -0.1) is 0 Å². The number of carbonyl (C=O) groups excluding carboxylic acids is 1. The van der Waals surface area contributed by atoms with Crippen LogP contribution >= 0.6 is 0 Å². The van der Waals surface area contributed by atoms with E-state index >= 15 is 0 Å². The van der Waals surface area contributed by atoms with Gasteiger partial charge in [-0.3, -0.25) is 4.68 Å². The molecule has 1 amide bonds. The van der Waals surface area contributed by atoms with Crippen molar-refractivity contribution in [3.63, 3.8) is 0 Å². The van der Waals surface area contributed by atoms with Crippen molar-refractivity contribution in [3.05, 3.63) is 66.0 Å². The van der Waals surface area contributed by atoms with Gasteiger partial charge in [0.15, 0.2) is 5.65 Å². The smallest absolute Gasteiger partial charge is 0.407 e. The Morgan fingerprint density at radius 3 is 2.54 bits per heavy atom. The highest BCUT2D eigenvalue weighted by molar-refractivity contribution is 7.90. The minimum absolute atomic E-state index is 0.0187. The molecule has 5 rings (SSSR count). The largest absolute Gasteiger partial charge is 0.446 e. The van der Waals surface area contributed by atoms with Crippen molar-refractivity contribution in [2.45, 2.75) is 63.0 Å². The van der Waals surface area contributed by atoms with E-state index in [-0.39, 0.29) is 23.0 Å². The molecule has 3 aromatic heterocycles. The maximum atomic E-state index is 13.8. The molecule has 1 saturated carbocycles. The Morgan fingerprint density at radius 1 is 1.11 bits per heavy atom. The number of alkyl carbamates (subject to hydrolysis) is 1. The Kier molecular flexibility index (Phi) is 6.53. The molecule has 194 valence electrons. The molecule has 0 saturated heterocycles. The summed E-state index contributed by atoms with van der Waals surface area (Å²) in [5, 5.41) is 7.74. The third kappa shape index (κ3) is 4.85. The number of rotatable bonds is 6. The van der Waals surface area contributed by atoms with Gasteiger partial charge < -0.3 is 10.1 Å². The van der Waals surface area contributed by atoms with Crippen molar-refractivity contribution < 1.29 is 17.9 Å². The van der Waals surface area contributed by atoms with E-state index in [1.165, 1.54) is 3.97 Å². The molecule has 4 aromatic rings. The Hall–Kier alpha value is -3.66. The van der Waals surface area contributed by atoms with E-state index in [2.05, 4.69) is 15.4 Å². The zero-order valence-electron chi connectivity index (χ0n) is 21.4. The first-order valence-corrected chi connectivity index (χ1v) is 13.9. The molecule has 1 aliphatic rings. The van der Waals surface area contributed by atoms with E-state index in [4.69, 9.17) is 4.74 Å². The summed E-state index contributed by atoms with van der Waals surface area (Å²) in [5.41, 5.74) is 3.51. The minimum Gasteiger partial charge on any atom is -0.446 e. The van der Waals surface area contributed by atoms with Crippen LogP contribution in [0.4, 0.5) is 4.79 Å². The molecule has 1 aromatic carbocycles. The first kappa shape index (κ1) is 25.0. The normalized spacial score (nSPS) is 18.0. The number of nitrogens with zero attached hydrogens (tertiary/aromatic N) is 4. The first-order valence-electron chi connectivity index (χ1n) is 12.4. The highest BCUT2D eigenvalue weighted by atomic mass is 32.2. The predicted octanol–water partition coefficient (Wildman–Crippen LogP) is 4.75. The number of nitrogens with one attached hydrogen (secondary N) is 1. The van der Waals surface area contributed by atoms with E-state index in [1.807, 2.05) is 32.9 Å². The lowest BCUT2D eigenvalue weighted by Crippen LogP contribution is -2.33. The molecule has 0 aliphatic heterocycles. The van der Waals surface area contributed by atoms with Crippen LogP contribution in [0.2, 0.25) is 0 Å². The molecular weight excluding hydrogens is 490 g/mol. The number of ether oxygens (including phenoxy) is 1. The lowest BCUT2D eigenvalue weighted by molar-refractivity contribution is 0.0982. The van der Waals surface area contributed by atoms with Gasteiger partial charge in [0, 0.05) is 30.9 Å². The maximum absolute atomic E-state index is 13.8. The molecule has 3 heterocycles. The van der Waals surface area contributed by atoms with Gasteiger partial charge in [0.2, 0.25) is 0 Å². The second kappa shape index (κ2) is 9.66. The standard InChI is InChI=1S/C27H31N5O4S/c1-17(2)30-27(33)36-22-8-7-19(14-22)21-13-20-15-25(24-11-12-29-31(24)4)32(26(20)28-16-21)37(34,35)23-9-5-18(3)6-10-23/h5-6,9-13,15-17,19,22H,7-8,14H2,1-4H3,(H,30,33). The maximum Gasteiger partial charge on any atom is 0.407 e. The topological polar surface area (TPSA) is 108 Å². The fraction of sp³-hybridized carbons (Fsp3) is 0.370. The summed E-state index contributed by atoms with van der Waals surface area (Å²) in [7, 11) is -2.15. The Balaban J connectivity index is 1.53. The van der Waals surface area contributed by atoms with Gasteiger partial charge in [0.1, 0.15) is 6.10 Å². The van der Waals surface area contributed by atoms with Crippen LogP contribution in [-0.4, -0.2) is 45.4 Å². The molecule has 2 unspecified atom stereocenters. The van der Waals surface area contributed by atoms with Gasteiger partial charge >= 0.3 is 6.09 Å². The van der Waals surface area contributed by atoms with Crippen LogP contribution in [0.3, 0.4) is 0 Å². The number of pyridine rings is 1. The number of aryl methyl sites for hydroxylation is 2. The molecule has 1 N–H and O–H groups in total. The predicted molar refractivity (Wildman–Crippen MR) is 141 cm³/mol. The first-order chi connectivity index (χ1) is 17.6. The van der Waals surface area contributed by atoms with E-state index < -0.39 is 16.1 Å². The summed E-state index contributed by atoms with van der Waals surface area (Å²) >= 11 is 0. The summed E-state index contributed by atoms with van der Waals surface area (Å²) in [4.78, 5) is 16.9. The third-order valence-electron chi connectivity index (χ3n) is 6.80. The van der Waals surface area contributed by atoms with Crippen LogP contribution in [0.15, 0.2) is 59.8 Å². The average molecular weight is 522 g/mol. The van der Waals surface area contributed by atoms with Crippen LogP contribution < -0.4 is 5.32 Å². The average Bonchev–Trinajstić information content (AvgIpc) is 3.56. The van der Waals surface area contributed by atoms with Gasteiger partial charge in [-0.25, -0.2) is 22.2 Å². The van der Waals surface area contributed by atoms with Crippen LogP contribution in [0.5, 0.6) is 0 Å². The van der Waals surface area contributed by atoms with Gasteiger partial charge in [0.25, 0.3) is 10.0 Å². The molecule has 0 spiro atoms. The Morgan fingerprint density at radius 2 is 1.86 bits per heavy atom. The fourth-order valence-corrected chi connectivity index (χ4v) is 6.42. The SMILES string of the molecule is Cc1ccc(S(=O)(=O)n2c(-c3ccnn3C)cc3cc(C4CCC(OC(=O)NC(C)C)C4)cnc32)cc1. The second-order valence-corrected chi connectivity index (χ2v) is 11.8. The van der Waals surface area contributed by atoms with Crippen LogP contribution in [0.1, 0.15) is 50.2 Å². The number of hydrogen-bond acceptors (Lipinski definition) is 6. The monoisotopic (exact) mass is 521 g/mol. The van der Waals surface area contributed by atoms with Crippen molar-refractivity contribution in [3.8, 4) is 11.4 Å². The quantitative estimate of drug-likeness (QED) is 0.392. The summed E-state index contributed by atoms with van der Waals surface area (Å²) in [6.07, 6.45) is 5.18. The van der Waals surface area contributed by atoms with Gasteiger partial charge in [-0.2, -0.15) is 5.10 Å². The molecule has 2 atom stereocenters. The number of benzene rings is 1. The number of amides is 1. The highest BCUT2D eigenvalue weighted by Crippen LogP contribution is 2.38. The summed E-state index contributed by atoms with van der Waals surface area (Å²) < 4.78 is 36.2. The number of hydrogen-bond donors (Lipinski definition) is 1. The number of carbonyl (C=O) groups is 1. The van der Waals surface area contributed by atoms with Crippen LogP contribution in [0, 0.1) is 6.92 Å². The highest BCUT2D eigenvalue weighted by Gasteiger charge is 2.31. The molecule has 37 heavy (non-hydrogen) atoms. The minimum atomic E-state index is -3.93. The van der Waals surface area contributed by atoms with Gasteiger partial charge in [0.05, 0.1) is 16.3 Å². The summed E-state index contributed by atoms with van der Waals surface area (Å²) in [6.45, 7) is 5.70. The molecule has 0 bridgehead atoms. The Labute approximate surface area is 216 Å². The summed E-state index contributed by atoms with van der Waals surface area (Å²) in [5.74, 6) is 0.172. The van der Waals surface area contributed by atoms with E-state index in [0.717, 1.165) is 29.4 Å². The van der Waals surface area contributed by atoms with E-state index in [1.54, 1.807) is 54.5 Å². The fourth-order valence-electron chi connectivity index (χ4n) is 4.94. The molecule has 1 aliphatic carbocycles. The van der Waals surface area contributed by atoms with Crippen molar-refractivity contribution in [1.29, 1.82) is 0 Å². The molecule has 10 heteroatoms. The van der Waals surface area contributed by atoms with Crippen molar-refractivity contribution >= 4 is 27.1 Å². The number of aromatic nitrogens is 4.